The van der Waals surface area contributed by atoms with Gasteiger partial charge in [-0.1, -0.05) is 60.7 Å². The third-order valence-corrected chi connectivity index (χ3v) is 7.91. The summed E-state index contributed by atoms with van der Waals surface area (Å²) in [6.45, 7) is 1.45. The predicted molar refractivity (Wildman–Crippen MR) is 162 cm³/mol. The summed E-state index contributed by atoms with van der Waals surface area (Å²) in [7, 11) is 3.30. The molecule has 2 fully saturated rings. The summed E-state index contributed by atoms with van der Waals surface area (Å²) in [6.07, 6.45) is 3.81. The van der Waals surface area contributed by atoms with Crippen LogP contribution in [0.1, 0.15) is 56.1 Å². The molecule has 2 heterocycles. The highest BCUT2D eigenvalue weighted by Crippen LogP contribution is 2.28. The Bertz CT molecular complexity index is 923. The first-order valence-corrected chi connectivity index (χ1v) is 15.3. The van der Waals surface area contributed by atoms with Gasteiger partial charge in [0.25, 0.3) is 0 Å². The van der Waals surface area contributed by atoms with Gasteiger partial charge in [-0.15, -0.1) is 0 Å². The summed E-state index contributed by atoms with van der Waals surface area (Å²) >= 11 is 0. The summed E-state index contributed by atoms with van der Waals surface area (Å²) in [6, 6.07) is 19.8. The quantitative estimate of drug-likeness (QED) is 0.189. The predicted octanol–water partition coefficient (Wildman–Crippen LogP) is 4.23. The Kier molecular flexibility index (Phi) is 14.8. The number of rotatable bonds is 18. The van der Waals surface area contributed by atoms with Crippen LogP contribution in [-0.4, -0.2) is 76.9 Å². The van der Waals surface area contributed by atoms with Crippen molar-refractivity contribution in [2.45, 2.75) is 107 Å². The van der Waals surface area contributed by atoms with Crippen LogP contribution < -0.4 is 11.5 Å². The van der Waals surface area contributed by atoms with Crippen molar-refractivity contribution in [1.29, 1.82) is 0 Å². The van der Waals surface area contributed by atoms with Crippen molar-refractivity contribution in [3.05, 3.63) is 71.8 Å². The minimum absolute atomic E-state index is 0.0319. The minimum Gasteiger partial charge on any atom is -0.356 e. The Balaban J connectivity index is 1.15. The smallest absolute Gasteiger partial charge is 0.160 e. The van der Waals surface area contributed by atoms with Crippen molar-refractivity contribution in [3.63, 3.8) is 0 Å². The fraction of sp³-hybridized carbons (Fsp3) is 0.636. The first-order chi connectivity index (χ1) is 21.0. The van der Waals surface area contributed by atoms with E-state index in [2.05, 4.69) is 0 Å². The van der Waals surface area contributed by atoms with Gasteiger partial charge in [-0.3, -0.25) is 0 Å². The van der Waals surface area contributed by atoms with Crippen LogP contribution in [-0.2, 0) is 51.1 Å². The average Bonchev–Trinajstić information content (AvgIpc) is 3.02. The fourth-order valence-electron chi connectivity index (χ4n) is 5.75. The standard InChI is InChI=1S/C33H50N2O8/c1-36-32-18-28(40-22-38-20-24-9-5-3-6-10-24)16-30(42-32)14-26(34)13-27(35)15-31-17-29(19-33(37-2)43-31)41-23-39-21-25-11-7-4-8-12-25/h3-12,26-33H,13-23,34-35H2,1-2H3/t26-,27+,28-,29-,30+,31+,32?,33?/m0/s1. The first-order valence-electron chi connectivity index (χ1n) is 15.3. The maximum atomic E-state index is 6.57. The third-order valence-electron chi connectivity index (χ3n) is 7.91. The lowest BCUT2D eigenvalue weighted by Gasteiger charge is -2.37. The van der Waals surface area contributed by atoms with Crippen molar-refractivity contribution >= 4 is 0 Å². The van der Waals surface area contributed by atoms with Gasteiger partial charge in [-0.2, -0.15) is 0 Å². The van der Waals surface area contributed by atoms with Crippen LogP contribution >= 0.6 is 0 Å². The number of nitrogens with two attached hydrogens (primary N) is 2. The molecule has 4 rings (SSSR count). The summed E-state index contributed by atoms with van der Waals surface area (Å²) in [4.78, 5) is 0. The maximum Gasteiger partial charge on any atom is 0.160 e. The van der Waals surface area contributed by atoms with Gasteiger partial charge in [-0.05, 0) is 30.4 Å². The van der Waals surface area contributed by atoms with Gasteiger partial charge in [0.15, 0.2) is 12.6 Å². The monoisotopic (exact) mass is 602 g/mol. The molecule has 10 heteroatoms. The van der Waals surface area contributed by atoms with Crippen molar-refractivity contribution in [2.24, 2.45) is 11.5 Å². The number of hydrogen-bond donors (Lipinski definition) is 2. The molecule has 0 spiro atoms. The van der Waals surface area contributed by atoms with Crippen LogP contribution in [0.2, 0.25) is 0 Å². The van der Waals surface area contributed by atoms with E-state index in [0.29, 0.717) is 45.3 Å². The summed E-state index contributed by atoms with van der Waals surface area (Å²) in [5, 5.41) is 0. The zero-order valence-corrected chi connectivity index (χ0v) is 25.6. The summed E-state index contributed by atoms with van der Waals surface area (Å²) in [5.74, 6) is 0. The highest BCUT2D eigenvalue weighted by Gasteiger charge is 2.33. The maximum absolute atomic E-state index is 6.57. The highest BCUT2D eigenvalue weighted by molar-refractivity contribution is 5.14. The van der Waals surface area contributed by atoms with Gasteiger partial charge < -0.3 is 49.4 Å². The second-order valence-electron chi connectivity index (χ2n) is 11.5. The molecule has 2 aliphatic rings. The molecular formula is C33H50N2O8. The first kappa shape index (κ1) is 33.9. The second kappa shape index (κ2) is 18.8. The molecule has 0 saturated carbocycles. The number of benzene rings is 2. The lowest BCUT2D eigenvalue weighted by molar-refractivity contribution is -0.226. The van der Waals surface area contributed by atoms with E-state index in [1.807, 2.05) is 60.7 Å². The Morgan fingerprint density at radius 3 is 1.47 bits per heavy atom. The van der Waals surface area contributed by atoms with Crippen molar-refractivity contribution in [3.8, 4) is 0 Å². The molecule has 4 N–H and O–H groups in total. The molecule has 0 radical (unpaired) electrons. The van der Waals surface area contributed by atoms with Crippen LogP contribution in [0.15, 0.2) is 60.7 Å². The summed E-state index contributed by atoms with van der Waals surface area (Å²) < 4.78 is 46.8. The summed E-state index contributed by atoms with van der Waals surface area (Å²) in [5.41, 5.74) is 15.4. The molecule has 240 valence electrons. The van der Waals surface area contributed by atoms with E-state index in [1.165, 1.54) is 0 Å². The molecule has 2 unspecified atom stereocenters. The molecule has 2 aliphatic heterocycles. The lowest BCUT2D eigenvalue weighted by Crippen LogP contribution is -2.44. The number of methoxy groups -OCH3 is 2. The molecule has 0 aromatic heterocycles. The van der Waals surface area contributed by atoms with E-state index >= 15 is 0 Å². The van der Waals surface area contributed by atoms with E-state index in [0.717, 1.165) is 24.0 Å². The fourth-order valence-corrected chi connectivity index (χ4v) is 5.75. The lowest BCUT2D eigenvalue weighted by atomic mass is 9.92. The van der Waals surface area contributed by atoms with E-state index < -0.39 is 0 Å². The molecule has 0 aliphatic carbocycles. The minimum atomic E-state index is -0.339. The topological polar surface area (TPSA) is 126 Å². The van der Waals surface area contributed by atoms with E-state index in [9.17, 15) is 0 Å². The van der Waals surface area contributed by atoms with Crippen LogP contribution in [0.25, 0.3) is 0 Å². The Hall–Kier alpha value is -1.96. The molecule has 10 nitrogen and oxygen atoms in total. The van der Waals surface area contributed by atoms with Crippen LogP contribution in [0.3, 0.4) is 0 Å². The largest absolute Gasteiger partial charge is 0.356 e. The normalized spacial score (nSPS) is 27.5. The van der Waals surface area contributed by atoms with Crippen molar-refractivity contribution in [2.75, 3.05) is 27.8 Å². The average molecular weight is 603 g/mol. The zero-order chi connectivity index (χ0) is 30.3. The molecule has 0 bridgehead atoms. The second-order valence-corrected chi connectivity index (χ2v) is 11.5. The van der Waals surface area contributed by atoms with Crippen LogP contribution in [0.4, 0.5) is 0 Å². The SMILES string of the molecule is COC1C[C@@H](OCOCc2ccccc2)C[C@@H](C[C@H](N)C[C@H](N)C[C@@H]2C[C@H](OCOCc3ccccc3)CC(OC)O2)O1. The van der Waals surface area contributed by atoms with Gasteiger partial charge >= 0.3 is 0 Å². The zero-order valence-electron chi connectivity index (χ0n) is 25.6. The molecule has 2 saturated heterocycles. The number of ether oxygens (including phenoxy) is 8. The van der Waals surface area contributed by atoms with Gasteiger partial charge in [0.1, 0.15) is 13.6 Å². The molecule has 43 heavy (non-hydrogen) atoms. The molecule has 0 amide bonds. The van der Waals surface area contributed by atoms with Crippen LogP contribution in [0, 0.1) is 0 Å². The van der Waals surface area contributed by atoms with E-state index in [-0.39, 0.29) is 62.7 Å². The Labute approximate surface area is 256 Å². The molecule has 2 aromatic rings. The van der Waals surface area contributed by atoms with Crippen molar-refractivity contribution < 1.29 is 37.9 Å². The molecule has 8 atom stereocenters. The van der Waals surface area contributed by atoms with Gasteiger partial charge in [-0.25, -0.2) is 0 Å². The van der Waals surface area contributed by atoms with Gasteiger partial charge in [0, 0.05) is 52.0 Å². The number of hydrogen-bond acceptors (Lipinski definition) is 10. The van der Waals surface area contributed by atoms with Crippen molar-refractivity contribution in [1.82, 2.24) is 0 Å². The van der Waals surface area contributed by atoms with Crippen LogP contribution in [0.5, 0.6) is 0 Å². The van der Waals surface area contributed by atoms with E-state index in [4.69, 9.17) is 49.4 Å². The highest BCUT2D eigenvalue weighted by atomic mass is 16.7. The van der Waals surface area contributed by atoms with Gasteiger partial charge in [0.05, 0.1) is 37.6 Å². The molecule has 2 aromatic carbocycles. The van der Waals surface area contributed by atoms with E-state index in [1.54, 1.807) is 14.2 Å². The third kappa shape index (κ3) is 12.5. The van der Waals surface area contributed by atoms with Gasteiger partial charge in [0.2, 0.25) is 0 Å². The Morgan fingerprint density at radius 1 is 0.651 bits per heavy atom. The Morgan fingerprint density at radius 2 is 1.07 bits per heavy atom. The molecular weight excluding hydrogens is 552 g/mol.